The molecule has 25 heavy (non-hydrogen) atoms. The van der Waals surface area contributed by atoms with Crippen molar-refractivity contribution < 1.29 is 9.72 Å². The van der Waals surface area contributed by atoms with Crippen LogP contribution in [0.4, 0.5) is 11.5 Å². The average Bonchev–Trinajstić information content (AvgIpc) is 2.61. The van der Waals surface area contributed by atoms with Crippen molar-refractivity contribution in [2.45, 2.75) is 26.2 Å². The maximum atomic E-state index is 11.3. The summed E-state index contributed by atoms with van der Waals surface area (Å²) in [4.78, 5) is 28.2. The van der Waals surface area contributed by atoms with Gasteiger partial charge in [0.15, 0.2) is 0 Å². The minimum atomic E-state index is -0.400. The van der Waals surface area contributed by atoms with Crippen LogP contribution in [-0.4, -0.2) is 40.3 Å². The number of aromatic nitrogens is 1. The zero-order chi connectivity index (χ0) is 17.8. The quantitative estimate of drug-likeness (QED) is 0.666. The van der Waals surface area contributed by atoms with Crippen LogP contribution in [0.2, 0.25) is 0 Å². The van der Waals surface area contributed by atoms with Gasteiger partial charge in [-0.25, -0.2) is 4.98 Å². The Morgan fingerprint density at radius 3 is 2.76 bits per heavy atom. The minimum absolute atomic E-state index is 0.0758. The molecule has 0 radical (unpaired) electrons. The second kappa shape index (κ2) is 7.46. The normalized spacial score (nSPS) is 15.3. The molecule has 1 saturated heterocycles. The van der Waals surface area contributed by atoms with Crippen LogP contribution >= 0.6 is 0 Å². The molecule has 1 N–H and O–H groups in total. The van der Waals surface area contributed by atoms with Gasteiger partial charge in [0.2, 0.25) is 5.91 Å². The first kappa shape index (κ1) is 17.1. The van der Waals surface area contributed by atoms with Crippen LogP contribution < -0.4 is 5.32 Å². The molecule has 0 saturated carbocycles. The standard InChI is InChI=1S/C18H22N4O3/c1-13(23)21-10-7-14(8-11-21)6-9-19-18-5-2-15-12-16(22(24)25)3-4-17(15)20-18/h2-5,12,14H,6-11H2,1H3,(H,19,20). The third kappa shape index (κ3) is 4.23. The molecule has 0 bridgehead atoms. The highest BCUT2D eigenvalue weighted by atomic mass is 16.6. The highest BCUT2D eigenvalue weighted by molar-refractivity contribution is 5.82. The lowest BCUT2D eigenvalue weighted by atomic mass is 9.93. The Morgan fingerprint density at radius 1 is 1.32 bits per heavy atom. The molecule has 0 unspecified atom stereocenters. The second-order valence-corrected chi connectivity index (χ2v) is 6.50. The molecule has 1 aliphatic heterocycles. The first-order chi connectivity index (χ1) is 12.0. The predicted octanol–water partition coefficient (Wildman–Crippen LogP) is 3.20. The number of fused-ring (bicyclic) bond motifs is 1. The number of likely N-dealkylation sites (tertiary alicyclic amines) is 1. The molecule has 2 aromatic rings. The Morgan fingerprint density at radius 2 is 2.08 bits per heavy atom. The average molecular weight is 342 g/mol. The van der Waals surface area contributed by atoms with Crippen LogP contribution in [0, 0.1) is 16.0 Å². The maximum absolute atomic E-state index is 11.3. The van der Waals surface area contributed by atoms with Crippen LogP contribution in [0.25, 0.3) is 10.9 Å². The van der Waals surface area contributed by atoms with Gasteiger partial charge in [-0.05, 0) is 43.4 Å². The van der Waals surface area contributed by atoms with Gasteiger partial charge in [-0.3, -0.25) is 14.9 Å². The number of nitrogens with one attached hydrogen (secondary N) is 1. The van der Waals surface area contributed by atoms with Crippen molar-refractivity contribution in [3.8, 4) is 0 Å². The lowest BCUT2D eigenvalue weighted by Gasteiger charge is -2.31. The summed E-state index contributed by atoms with van der Waals surface area (Å²) in [5, 5.41) is 14.9. The summed E-state index contributed by atoms with van der Waals surface area (Å²) in [7, 11) is 0. The van der Waals surface area contributed by atoms with E-state index in [1.807, 2.05) is 17.0 Å². The van der Waals surface area contributed by atoms with Crippen molar-refractivity contribution in [2.24, 2.45) is 5.92 Å². The second-order valence-electron chi connectivity index (χ2n) is 6.50. The highest BCUT2D eigenvalue weighted by Crippen LogP contribution is 2.22. The summed E-state index contributed by atoms with van der Waals surface area (Å²) in [6.45, 7) is 4.16. The van der Waals surface area contributed by atoms with Crippen LogP contribution in [0.5, 0.6) is 0 Å². The summed E-state index contributed by atoms with van der Waals surface area (Å²) in [6.07, 6.45) is 3.15. The molecule has 0 aliphatic carbocycles. The van der Waals surface area contributed by atoms with Gasteiger partial charge in [0.1, 0.15) is 5.82 Å². The van der Waals surface area contributed by atoms with Gasteiger partial charge in [0, 0.05) is 44.1 Å². The maximum Gasteiger partial charge on any atom is 0.270 e. The van der Waals surface area contributed by atoms with Crippen molar-refractivity contribution >= 4 is 28.3 Å². The number of hydrogen-bond acceptors (Lipinski definition) is 5. The van der Waals surface area contributed by atoms with Gasteiger partial charge < -0.3 is 10.2 Å². The summed E-state index contributed by atoms with van der Waals surface area (Å²) in [5.74, 6) is 1.57. The summed E-state index contributed by atoms with van der Waals surface area (Å²) in [5.41, 5.74) is 0.817. The molecule has 3 rings (SSSR count). The van der Waals surface area contributed by atoms with Gasteiger partial charge in [0.05, 0.1) is 10.4 Å². The van der Waals surface area contributed by atoms with Gasteiger partial charge in [-0.2, -0.15) is 0 Å². The summed E-state index contributed by atoms with van der Waals surface area (Å²) >= 11 is 0. The fourth-order valence-corrected chi connectivity index (χ4v) is 3.27. The number of carbonyl (C=O) groups is 1. The smallest absolute Gasteiger partial charge is 0.270 e. The van der Waals surface area contributed by atoms with Gasteiger partial charge >= 0.3 is 0 Å². The van der Waals surface area contributed by atoms with Crippen molar-refractivity contribution in [3.63, 3.8) is 0 Å². The number of nitro groups is 1. The Bertz CT molecular complexity index is 785. The third-order valence-electron chi connectivity index (χ3n) is 4.80. The molecule has 1 amide bonds. The van der Waals surface area contributed by atoms with Crippen molar-refractivity contribution in [1.29, 1.82) is 0 Å². The summed E-state index contributed by atoms with van der Waals surface area (Å²) in [6, 6.07) is 8.39. The molecule has 132 valence electrons. The zero-order valence-corrected chi connectivity index (χ0v) is 14.3. The molecule has 0 atom stereocenters. The topological polar surface area (TPSA) is 88.4 Å². The van der Waals surface area contributed by atoms with Crippen molar-refractivity contribution in [3.05, 3.63) is 40.4 Å². The number of anilines is 1. The number of pyridine rings is 1. The minimum Gasteiger partial charge on any atom is -0.370 e. The fraction of sp³-hybridized carbons (Fsp3) is 0.444. The summed E-state index contributed by atoms with van der Waals surface area (Å²) < 4.78 is 0. The molecular weight excluding hydrogens is 320 g/mol. The third-order valence-corrected chi connectivity index (χ3v) is 4.80. The Labute approximate surface area is 146 Å². The molecule has 7 heteroatoms. The van der Waals surface area contributed by atoms with Crippen LogP contribution in [0.3, 0.4) is 0 Å². The fourth-order valence-electron chi connectivity index (χ4n) is 3.27. The van der Waals surface area contributed by atoms with Crippen LogP contribution in [0.15, 0.2) is 30.3 Å². The molecule has 1 aliphatic rings. The molecule has 0 spiro atoms. The van der Waals surface area contributed by atoms with E-state index >= 15 is 0 Å². The largest absolute Gasteiger partial charge is 0.370 e. The van der Waals surface area contributed by atoms with Crippen molar-refractivity contribution in [1.82, 2.24) is 9.88 Å². The van der Waals surface area contributed by atoms with Gasteiger partial charge in [0.25, 0.3) is 5.69 Å². The van der Waals surface area contributed by atoms with E-state index in [9.17, 15) is 14.9 Å². The number of hydrogen-bond donors (Lipinski definition) is 1. The van der Waals surface area contributed by atoms with Gasteiger partial charge in [-0.15, -0.1) is 0 Å². The highest BCUT2D eigenvalue weighted by Gasteiger charge is 2.20. The number of nitro benzene ring substituents is 1. The SMILES string of the molecule is CC(=O)N1CCC(CCNc2ccc3cc([N+](=O)[O-])ccc3n2)CC1. The van der Waals surface area contributed by atoms with E-state index in [-0.39, 0.29) is 11.6 Å². The molecule has 1 fully saturated rings. The van der Waals surface area contributed by atoms with E-state index < -0.39 is 4.92 Å². The number of amides is 1. The molecular formula is C18H22N4O3. The van der Waals surface area contributed by atoms with E-state index in [0.29, 0.717) is 5.92 Å². The predicted molar refractivity (Wildman–Crippen MR) is 96.5 cm³/mol. The Kier molecular flexibility index (Phi) is 5.11. The van der Waals surface area contributed by atoms with E-state index in [0.717, 1.165) is 55.6 Å². The number of piperidine rings is 1. The lowest BCUT2D eigenvalue weighted by Crippen LogP contribution is -2.37. The van der Waals surface area contributed by atoms with Gasteiger partial charge in [-0.1, -0.05) is 0 Å². The molecule has 2 heterocycles. The first-order valence-corrected chi connectivity index (χ1v) is 8.57. The number of benzene rings is 1. The molecule has 7 nitrogen and oxygen atoms in total. The van der Waals surface area contributed by atoms with Crippen molar-refractivity contribution in [2.75, 3.05) is 25.0 Å². The number of nitrogens with zero attached hydrogens (tertiary/aromatic N) is 3. The Balaban J connectivity index is 1.53. The first-order valence-electron chi connectivity index (χ1n) is 8.57. The molecule has 1 aromatic carbocycles. The van der Waals surface area contributed by atoms with E-state index in [4.69, 9.17) is 0 Å². The Hall–Kier alpha value is -2.70. The number of carbonyl (C=O) groups excluding carboxylic acids is 1. The van der Waals surface area contributed by atoms with E-state index in [2.05, 4.69) is 10.3 Å². The van der Waals surface area contributed by atoms with E-state index in [1.54, 1.807) is 13.0 Å². The zero-order valence-electron chi connectivity index (χ0n) is 14.3. The lowest BCUT2D eigenvalue weighted by molar-refractivity contribution is -0.384. The number of non-ortho nitro benzene ring substituents is 1. The van der Waals surface area contributed by atoms with E-state index in [1.165, 1.54) is 12.1 Å². The monoisotopic (exact) mass is 342 g/mol. The number of rotatable bonds is 5. The van der Waals surface area contributed by atoms with Crippen LogP contribution in [0.1, 0.15) is 26.2 Å². The molecule has 1 aromatic heterocycles. The van der Waals surface area contributed by atoms with Crippen LogP contribution in [-0.2, 0) is 4.79 Å².